The van der Waals surface area contributed by atoms with Crippen LogP contribution in [0.1, 0.15) is 19.3 Å². The number of fused-ring (bicyclic) bond motifs is 1. The van der Waals surface area contributed by atoms with Gasteiger partial charge in [0.1, 0.15) is 10.0 Å². The normalized spacial score (nSPS) is 25.4. The molecule has 0 amide bonds. The summed E-state index contributed by atoms with van der Waals surface area (Å²) in [5, 5.41) is 0.0556. The molecule has 7 heteroatoms. The van der Waals surface area contributed by atoms with E-state index in [9.17, 15) is 8.42 Å². The third-order valence-electron chi connectivity index (χ3n) is 4.11. The van der Waals surface area contributed by atoms with Gasteiger partial charge in [0.2, 0.25) is 10.0 Å². The number of sulfonamides is 1. The van der Waals surface area contributed by atoms with E-state index in [1.54, 1.807) is 10.4 Å². The first kappa shape index (κ1) is 14.3. The minimum atomic E-state index is -3.54. The van der Waals surface area contributed by atoms with Gasteiger partial charge in [-0.3, -0.25) is 4.90 Å². The summed E-state index contributed by atoms with van der Waals surface area (Å²) in [6, 6.07) is 3.49. The van der Waals surface area contributed by atoms with Crippen LogP contribution < -0.4 is 0 Å². The van der Waals surface area contributed by atoms with E-state index in [-0.39, 0.29) is 10.0 Å². The van der Waals surface area contributed by atoms with E-state index in [1.807, 2.05) is 0 Å². The van der Waals surface area contributed by atoms with Gasteiger partial charge < -0.3 is 0 Å². The zero-order valence-electron chi connectivity index (χ0n) is 11.2. The molecule has 0 saturated carbocycles. The molecule has 1 aromatic heterocycles. The van der Waals surface area contributed by atoms with Crippen LogP contribution in [0.4, 0.5) is 0 Å². The first-order chi connectivity index (χ1) is 9.59. The summed E-state index contributed by atoms with van der Waals surface area (Å²) in [6.45, 7) is 3.19. The van der Waals surface area contributed by atoms with E-state index >= 15 is 0 Å². The van der Waals surface area contributed by atoms with Gasteiger partial charge in [0, 0.05) is 25.3 Å². The van der Waals surface area contributed by atoms with Crippen molar-refractivity contribution in [1.29, 1.82) is 0 Å². The zero-order valence-corrected chi connectivity index (χ0v) is 12.8. The Balaban J connectivity index is 1.89. The van der Waals surface area contributed by atoms with Crippen molar-refractivity contribution in [2.45, 2.75) is 30.2 Å². The number of hydrogen-bond acceptors (Lipinski definition) is 4. The Morgan fingerprint density at radius 3 is 2.85 bits per heavy atom. The molecule has 0 aromatic carbocycles. The SMILES string of the molecule is O=S(=O)(c1cccnc1Cl)N1CCCN2CCCC2C1. The van der Waals surface area contributed by atoms with Gasteiger partial charge in [-0.25, -0.2) is 13.4 Å². The lowest BCUT2D eigenvalue weighted by Gasteiger charge is -2.25. The number of hydrogen-bond donors (Lipinski definition) is 0. The average Bonchev–Trinajstić information content (AvgIpc) is 2.76. The summed E-state index contributed by atoms with van der Waals surface area (Å²) >= 11 is 5.95. The van der Waals surface area contributed by atoms with Crippen molar-refractivity contribution < 1.29 is 8.42 Å². The van der Waals surface area contributed by atoms with Gasteiger partial charge in [0.05, 0.1) is 0 Å². The summed E-state index contributed by atoms with van der Waals surface area (Å²) in [6.07, 6.45) is 4.61. The summed E-state index contributed by atoms with van der Waals surface area (Å²) in [5.41, 5.74) is 0. The molecule has 0 radical (unpaired) electrons. The fraction of sp³-hybridized carbons (Fsp3) is 0.615. The lowest BCUT2D eigenvalue weighted by molar-refractivity contribution is 0.257. The van der Waals surface area contributed by atoms with Crippen LogP contribution in [0.3, 0.4) is 0 Å². The van der Waals surface area contributed by atoms with Crippen LogP contribution in [-0.2, 0) is 10.0 Å². The third-order valence-corrected chi connectivity index (χ3v) is 6.42. The molecule has 0 N–H and O–H groups in total. The van der Waals surface area contributed by atoms with Crippen molar-refractivity contribution >= 4 is 21.6 Å². The van der Waals surface area contributed by atoms with Crippen LogP contribution in [0.25, 0.3) is 0 Å². The third kappa shape index (κ3) is 2.57. The number of rotatable bonds is 2. The molecular weight excluding hydrogens is 298 g/mol. The molecule has 1 atom stereocenters. The molecule has 20 heavy (non-hydrogen) atoms. The highest BCUT2D eigenvalue weighted by Crippen LogP contribution is 2.27. The molecule has 0 bridgehead atoms. The molecule has 1 unspecified atom stereocenters. The smallest absolute Gasteiger partial charge is 0.246 e. The lowest BCUT2D eigenvalue weighted by Crippen LogP contribution is -2.39. The number of halogens is 1. The van der Waals surface area contributed by atoms with Gasteiger partial charge in [-0.2, -0.15) is 4.31 Å². The van der Waals surface area contributed by atoms with Gasteiger partial charge in [-0.15, -0.1) is 0 Å². The maximum Gasteiger partial charge on any atom is 0.246 e. The van der Waals surface area contributed by atoms with Gasteiger partial charge in [-0.1, -0.05) is 11.6 Å². The van der Waals surface area contributed by atoms with Crippen molar-refractivity contribution in [3.8, 4) is 0 Å². The van der Waals surface area contributed by atoms with Crippen LogP contribution in [0.15, 0.2) is 23.2 Å². The maximum atomic E-state index is 12.7. The van der Waals surface area contributed by atoms with Crippen LogP contribution in [0.2, 0.25) is 5.15 Å². The molecule has 3 heterocycles. The van der Waals surface area contributed by atoms with E-state index in [0.29, 0.717) is 19.1 Å². The molecule has 2 fully saturated rings. The molecule has 3 rings (SSSR count). The topological polar surface area (TPSA) is 53.5 Å². The molecule has 5 nitrogen and oxygen atoms in total. The van der Waals surface area contributed by atoms with Crippen LogP contribution in [0, 0.1) is 0 Å². The van der Waals surface area contributed by atoms with Gasteiger partial charge >= 0.3 is 0 Å². The average molecular weight is 316 g/mol. The molecule has 0 aliphatic carbocycles. The molecule has 2 aliphatic heterocycles. The minimum absolute atomic E-state index is 0.0556. The molecular formula is C13H18ClN3O2S. The minimum Gasteiger partial charge on any atom is -0.299 e. The first-order valence-corrected chi connectivity index (χ1v) is 8.75. The quantitative estimate of drug-likeness (QED) is 0.778. The summed E-state index contributed by atoms with van der Waals surface area (Å²) in [7, 11) is -3.54. The first-order valence-electron chi connectivity index (χ1n) is 6.94. The molecule has 2 saturated heterocycles. The van der Waals surface area contributed by atoms with Crippen molar-refractivity contribution in [2.24, 2.45) is 0 Å². The van der Waals surface area contributed by atoms with E-state index in [2.05, 4.69) is 9.88 Å². The van der Waals surface area contributed by atoms with Crippen LogP contribution >= 0.6 is 11.6 Å². The highest BCUT2D eigenvalue weighted by atomic mass is 35.5. The van der Waals surface area contributed by atoms with Crippen LogP contribution in [0.5, 0.6) is 0 Å². The Morgan fingerprint density at radius 2 is 2.05 bits per heavy atom. The number of pyridine rings is 1. The van der Waals surface area contributed by atoms with Crippen molar-refractivity contribution in [1.82, 2.24) is 14.2 Å². The fourth-order valence-electron chi connectivity index (χ4n) is 3.09. The van der Waals surface area contributed by atoms with Crippen LogP contribution in [-0.4, -0.2) is 54.8 Å². The van der Waals surface area contributed by atoms with Gasteiger partial charge in [0.25, 0.3) is 0 Å². The summed E-state index contributed by atoms with van der Waals surface area (Å²) in [5.74, 6) is 0. The largest absolute Gasteiger partial charge is 0.299 e. The second kappa shape index (κ2) is 5.60. The monoisotopic (exact) mass is 315 g/mol. The summed E-state index contributed by atoms with van der Waals surface area (Å²) in [4.78, 5) is 6.40. The van der Waals surface area contributed by atoms with Crippen molar-refractivity contribution in [3.05, 3.63) is 23.5 Å². The zero-order chi connectivity index (χ0) is 14.2. The highest BCUT2D eigenvalue weighted by molar-refractivity contribution is 7.89. The van der Waals surface area contributed by atoms with E-state index < -0.39 is 10.0 Å². The highest BCUT2D eigenvalue weighted by Gasteiger charge is 2.35. The molecule has 2 aliphatic rings. The predicted octanol–water partition coefficient (Wildman–Crippen LogP) is 1.59. The Kier molecular flexibility index (Phi) is 3.99. The maximum absolute atomic E-state index is 12.7. The van der Waals surface area contributed by atoms with Crippen molar-refractivity contribution in [3.63, 3.8) is 0 Å². The standard InChI is InChI=1S/C13H18ClN3O2S/c14-13-12(5-1-6-15-13)20(18,19)17-9-3-8-16-7-2-4-11(16)10-17/h1,5-6,11H,2-4,7-10H2. The van der Waals surface area contributed by atoms with E-state index in [1.165, 1.54) is 12.3 Å². The second-order valence-electron chi connectivity index (χ2n) is 5.34. The molecule has 110 valence electrons. The van der Waals surface area contributed by atoms with Crippen molar-refractivity contribution in [2.75, 3.05) is 26.2 Å². The van der Waals surface area contributed by atoms with Gasteiger partial charge in [-0.05, 0) is 44.5 Å². The Labute approximate surface area is 124 Å². The predicted molar refractivity (Wildman–Crippen MR) is 77.2 cm³/mol. The Morgan fingerprint density at radius 1 is 1.25 bits per heavy atom. The molecule has 1 aromatic rings. The number of aromatic nitrogens is 1. The van der Waals surface area contributed by atoms with E-state index in [4.69, 9.17) is 11.6 Å². The van der Waals surface area contributed by atoms with Gasteiger partial charge in [0.15, 0.2) is 0 Å². The lowest BCUT2D eigenvalue weighted by atomic mass is 10.2. The fourth-order valence-corrected chi connectivity index (χ4v) is 5.04. The second-order valence-corrected chi connectivity index (χ2v) is 7.61. The molecule has 0 spiro atoms. The summed E-state index contributed by atoms with van der Waals surface area (Å²) < 4.78 is 27.0. The number of nitrogens with zero attached hydrogens (tertiary/aromatic N) is 3. The van der Waals surface area contributed by atoms with E-state index in [0.717, 1.165) is 32.4 Å². The Hall–Kier alpha value is -0.690. The Bertz CT molecular complexity index is 593.